The van der Waals surface area contributed by atoms with Gasteiger partial charge < -0.3 is 10.1 Å². The van der Waals surface area contributed by atoms with Crippen LogP contribution >= 0.6 is 12.4 Å². The van der Waals surface area contributed by atoms with E-state index in [1.807, 2.05) is 7.05 Å². The standard InChI is InChI=1S/C19H27N3O.ClH/c1-15-6-5-9-17(10-15)14-23-19-11-18(12-20-2)21-22(19)13-16-7-3-4-8-16;/h5-6,9-11,16,20H,3-4,7-8,12-14H2,1-2H3;1H. The summed E-state index contributed by atoms with van der Waals surface area (Å²) in [6.45, 7) is 4.46. The summed E-state index contributed by atoms with van der Waals surface area (Å²) in [5, 5.41) is 7.89. The molecule has 1 aromatic heterocycles. The lowest BCUT2D eigenvalue weighted by atomic mass is 10.1. The zero-order chi connectivity index (χ0) is 16.1. The summed E-state index contributed by atoms with van der Waals surface area (Å²) in [6.07, 6.45) is 5.35. The molecule has 1 aliphatic carbocycles. The van der Waals surface area contributed by atoms with Crippen LogP contribution in [-0.2, 0) is 19.7 Å². The Morgan fingerprint density at radius 1 is 1.25 bits per heavy atom. The zero-order valence-electron chi connectivity index (χ0n) is 14.6. The van der Waals surface area contributed by atoms with Crippen LogP contribution in [0.5, 0.6) is 5.88 Å². The number of ether oxygens (including phenoxy) is 1. The third kappa shape index (κ3) is 4.99. The molecule has 0 radical (unpaired) electrons. The normalized spacial score (nSPS) is 14.6. The molecule has 4 nitrogen and oxygen atoms in total. The van der Waals surface area contributed by atoms with Gasteiger partial charge >= 0.3 is 0 Å². The van der Waals surface area contributed by atoms with Gasteiger partial charge in [0.15, 0.2) is 0 Å². The van der Waals surface area contributed by atoms with Gasteiger partial charge in [-0.2, -0.15) is 5.10 Å². The van der Waals surface area contributed by atoms with Crippen LogP contribution in [0, 0.1) is 12.8 Å². The van der Waals surface area contributed by atoms with E-state index in [2.05, 4.69) is 47.3 Å². The molecule has 2 aromatic rings. The van der Waals surface area contributed by atoms with Crippen LogP contribution in [0.4, 0.5) is 0 Å². The maximum absolute atomic E-state index is 6.09. The fraction of sp³-hybridized carbons (Fsp3) is 0.526. The highest BCUT2D eigenvalue weighted by atomic mass is 35.5. The second-order valence-electron chi connectivity index (χ2n) is 6.61. The Kier molecular flexibility index (Phi) is 7.13. The van der Waals surface area contributed by atoms with Crippen molar-refractivity contribution in [2.75, 3.05) is 7.05 Å². The second-order valence-corrected chi connectivity index (χ2v) is 6.61. The van der Waals surface area contributed by atoms with E-state index >= 15 is 0 Å². The predicted octanol–water partition coefficient (Wildman–Crippen LogP) is 4.10. The van der Waals surface area contributed by atoms with Crippen molar-refractivity contribution in [1.29, 1.82) is 0 Å². The number of nitrogens with one attached hydrogen (secondary N) is 1. The van der Waals surface area contributed by atoms with E-state index in [0.717, 1.165) is 30.6 Å². The Bertz CT molecular complexity index is 635. The first-order valence-corrected chi connectivity index (χ1v) is 8.64. The van der Waals surface area contributed by atoms with Gasteiger partial charge in [0.05, 0.1) is 5.69 Å². The summed E-state index contributed by atoms with van der Waals surface area (Å²) in [7, 11) is 1.95. The molecular formula is C19H28ClN3O. The minimum absolute atomic E-state index is 0. The third-order valence-corrected chi connectivity index (χ3v) is 4.53. The van der Waals surface area contributed by atoms with Crippen LogP contribution in [0.15, 0.2) is 30.3 Å². The number of hydrogen-bond donors (Lipinski definition) is 1. The summed E-state index contributed by atoms with van der Waals surface area (Å²) in [5.74, 6) is 1.64. The molecule has 0 bridgehead atoms. The Labute approximate surface area is 151 Å². The van der Waals surface area contributed by atoms with Crippen molar-refractivity contribution in [3.63, 3.8) is 0 Å². The highest BCUT2D eigenvalue weighted by Crippen LogP contribution is 2.28. The van der Waals surface area contributed by atoms with Gasteiger partial charge in [0.2, 0.25) is 5.88 Å². The van der Waals surface area contributed by atoms with Crippen LogP contribution in [-0.4, -0.2) is 16.8 Å². The van der Waals surface area contributed by atoms with Gasteiger partial charge in [0.25, 0.3) is 0 Å². The van der Waals surface area contributed by atoms with Crippen molar-refractivity contribution < 1.29 is 4.74 Å². The number of aromatic nitrogens is 2. The lowest BCUT2D eigenvalue weighted by Gasteiger charge is -2.13. The smallest absolute Gasteiger partial charge is 0.212 e. The molecule has 0 unspecified atom stereocenters. The average molecular weight is 350 g/mol. The van der Waals surface area contributed by atoms with E-state index < -0.39 is 0 Å². The quantitative estimate of drug-likeness (QED) is 0.817. The third-order valence-electron chi connectivity index (χ3n) is 4.53. The van der Waals surface area contributed by atoms with Crippen LogP contribution in [0.2, 0.25) is 0 Å². The van der Waals surface area contributed by atoms with Crippen LogP contribution in [0.1, 0.15) is 42.5 Å². The molecule has 0 spiro atoms. The van der Waals surface area contributed by atoms with Crippen molar-refractivity contribution >= 4 is 12.4 Å². The molecule has 0 aliphatic heterocycles. The Morgan fingerprint density at radius 2 is 2.04 bits per heavy atom. The first kappa shape index (κ1) is 18.8. The lowest BCUT2D eigenvalue weighted by Crippen LogP contribution is -2.12. The summed E-state index contributed by atoms with van der Waals surface area (Å²) in [6, 6.07) is 10.5. The number of hydrogen-bond acceptors (Lipinski definition) is 3. The Morgan fingerprint density at radius 3 is 2.75 bits per heavy atom. The SMILES string of the molecule is CNCc1cc(OCc2cccc(C)c2)n(CC2CCCC2)n1.Cl. The topological polar surface area (TPSA) is 39.1 Å². The summed E-state index contributed by atoms with van der Waals surface area (Å²) < 4.78 is 8.16. The van der Waals surface area contributed by atoms with Crippen LogP contribution in [0.25, 0.3) is 0 Å². The Balaban J connectivity index is 0.00000208. The minimum Gasteiger partial charge on any atom is -0.473 e. The maximum Gasteiger partial charge on any atom is 0.212 e. The van der Waals surface area contributed by atoms with E-state index in [0.29, 0.717) is 6.61 Å². The average Bonchev–Trinajstić information content (AvgIpc) is 3.16. The van der Waals surface area contributed by atoms with Gasteiger partial charge in [-0.25, -0.2) is 4.68 Å². The number of halogens is 1. The van der Waals surface area contributed by atoms with E-state index in [1.54, 1.807) is 0 Å². The summed E-state index contributed by atoms with van der Waals surface area (Å²) in [5.41, 5.74) is 3.51. The molecule has 3 rings (SSSR count). The zero-order valence-corrected chi connectivity index (χ0v) is 15.4. The fourth-order valence-corrected chi connectivity index (χ4v) is 3.36. The molecule has 0 saturated heterocycles. The molecule has 0 amide bonds. The first-order valence-electron chi connectivity index (χ1n) is 8.64. The summed E-state index contributed by atoms with van der Waals surface area (Å²) in [4.78, 5) is 0. The molecule has 1 saturated carbocycles. The van der Waals surface area contributed by atoms with Crippen molar-refractivity contribution in [3.05, 3.63) is 47.2 Å². The monoisotopic (exact) mass is 349 g/mol. The second kappa shape index (κ2) is 9.09. The van der Waals surface area contributed by atoms with Gasteiger partial charge in [-0.3, -0.25) is 0 Å². The molecule has 1 fully saturated rings. The fourth-order valence-electron chi connectivity index (χ4n) is 3.36. The minimum atomic E-state index is 0. The van der Waals surface area contributed by atoms with E-state index in [1.165, 1.54) is 36.8 Å². The lowest BCUT2D eigenvalue weighted by molar-refractivity contribution is 0.261. The predicted molar refractivity (Wildman–Crippen MR) is 99.7 cm³/mol. The van der Waals surface area contributed by atoms with E-state index in [9.17, 15) is 0 Å². The molecule has 5 heteroatoms. The molecule has 132 valence electrons. The molecule has 0 atom stereocenters. The van der Waals surface area contributed by atoms with Crippen LogP contribution < -0.4 is 10.1 Å². The maximum atomic E-state index is 6.09. The van der Waals surface area contributed by atoms with E-state index in [4.69, 9.17) is 9.84 Å². The van der Waals surface area contributed by atoms with Gasteiger partial charge in [-0.05, 0) is 38.3 Å². The number of benzene rings is 1. The molecular weight excluding hydrogens is 322 g/mol. The molecule has 1 aromatic carbocycles. The van der Waals surface area contributed by atoms with Crippen molar-refractivity contribution in [2.45, 2.75) is 52.3 Å². The van der Waals surface area contributed by atoms with Gasteiger partial charge in [-0.15, -0.1) is 12.4 Å². The van der Waals surface area contributed by atoms with Crippen molar-refractivity contribution in [3.8, 4) is 5.88 Å². The van der Waals surface area contributed by atoms with Gasteiger partial charge in [0.1, 0.15) is 6.61 Å². The van der Waals surface area contributed by atoms with Crippen molar-refractivity contribution in [2.24, 2.45) is 5.92 Å². The molecule has 1 N–H and O–H groups in total. The summed E-state index contributed by atoms with van der Waals surface area (Å²) >= 11 is 0. The van der Waals surface area contributed by atoms with Gasteiger partial charge in [0, 0.05) is 19.2 Å². The molecule has 1 aliphatic rings. The van der Waals surface area contributed by atoms with E-state index in [-0.39, 0.29) is 12.4 Å². The molecule has 1 heterocycles. The first-order chi connectivity index (χ1) is 11.2. The number of aryl methyl sites for hydroxylation is 1. The molecule has 24 heavy (non-hydrogen) atoms. The van der Waals surface area contributed by atoms with Crippen LogP contribution in [0.3, 0.4) is 0 Å². The Hall–Kier alpha value is -1.52. The van der Waals surface area contributed by atoms with Crippen molar-refractivity contribution in [1.82, 2.24) is 15.1 Å². The largest absolute Gasteiger partial charge is 0.473 e. The number of nitrogens with zero attached hydrogens (tertiary/aromatic N) is 2. The highest BCUT2D eigenvalue weighted by molar-refractivity contribution is 5.85. The number of rotatable bonds is 7. The highest BCUT2D eigenvalue weighted by Gasteiger charge is 2.18. The van der Waals surface area contributed by atoms with Gasteiger partial charge in [-0.1, -0.05) is 42.7 Å².